The Hall–Kier alpha value is -0.980. The molecular weight excluding hydrogens is 180 g/mol. The van der Waals surface area contributed by atoms with Crippen molar-refractivity contribution >= 4 is 11.8 Å². The number of Topliss-reactive ketones (excluding diaryl/α,β-unsaturated/α-hetero) is 1. The number of aliphatic hydroxyl groups excluding tert-OH is 2. The number of hydrogen-bond donors (Lipinski definition) is 3. The van der Waals surface area contributed by atoms with E-state index in [1.807, 2.05) is 0 Å². The predicted octanol–water partition coefficient (Wildman–Crippen LogP) is -3.45. The number of hydrogen-bond acceptors (Lipinski definition) is 6. The van der Waals surface area contributed by atoms with Gasteiger partial charge in [-0.15, -0.1) is 0 Å². The van der Waals surface area contributed by atoms with Gasteiger partial charge in [-0.05, 0) is 0 Å². The maximum absolute atomic E-state index is 10.9. The minimum absolute atomic E-state index is 0.595. The van der Waals surface area contributed by atoms with E-state index in [0.717, 1.165) is 0 Å². The molecule has 0 bridgehead atoms. The molecule has 1 fully saturated rings. The van der Waals surface area contributed by atoms with Crippen LogP contribution in [0.5, 0.6) is 0 Å². The van der Waals surface area contributed by atoms with E-state index >= 15 is 0 Å². The summed E-state index contributed by atoms with van der Waals surface area (Å²) in [6.45, 7) is 0. The van der Waals surface area contributed by atoms with Gasteiger partial charge in [-0.1, -0.05) is 0 Å². The molecule has 1 aliphatic rings. The number of carbonyl (C=O) groups excluding carboxylic acids is 2. The largest absolute Gasteiger partial charge is 0.547 e. The Labute approximate surface area is 73.4 Å². The predicted molar refractivity (Wildman–Crippen MR) is 36.2 cm³/mol. The molecule has 0 radical (unpaired) electrons. The van der Waals surface area contributed by atoms with Crippen molar-refractivity contribution in [1.29, 1.82) is 0 Å². The molecule has 1 aliphatic carbocycles. The highest BCUT2D eigenvalue weighted by atomic mass is 16.4. The number of aliphatic carboxylic acids is 1. The van der Waals surface area contributed by atoms with E-state index in [9.17, 15) is 19.8 Å². The fraction of sp³-hybridized carbons (Fsp3) is 0.714. The first-order valence-corrected chi connectivity index (χ1v) is 3.69. The number of rotatable bonds is 1. The summed E-state index contributed by atoms with van der Waals surface area (Å²) in [6.07, 6.45) is -4.49. The molecule has 0 aliphatic heterocycles. The zero-order valence-corrected chi connectivity index (χ0v) is 6.64. The zero-order valence-electron chi connectivity index (χ0n) is 6.64. The van der Waals surface area contributed by atoms with Crippen LogP contribution in [0.15, 0.2) is 0 Å². The Balaban J connectivity index is 2.85. The van der Waals surface area contributed by atoms with Crippen molar-refractivity contribution in [3.63, 3.8) is 0 Å². The van der Waals surface area contributed by atoms with Crippen LogP contribution >= 0.6 is 0 Å². The fourth-order valence-electron chi connectivity index (χ4n) is 1.29. The minimum atomic E-state index is -2.35. The summed E-state index contributed by atoms with van der Waals surface area (Å²) in [5, 5.41) is 37.6. The Morgan fingerprint density at radius 3 is 2.46 bits per heavy atom. The second-order valence-electron chi connectivity index (χ2n) is 3.18. The molecule has 0 amide bonds. The van der Waals surface area contributed by atoms with Crippen molar-refractivity contribution in [2.45, 2.75) is 30.7 Å². The van der Waals surface area contributed by atoms with Crippen molar-refractivity contribution in [2.24, 2.45) is 0 Å². The lowest BCUT2D eigenvalue weighted by molar-refractivity contribution is -0.327. The number of carboxylic acids is 1. The highest BCUT2D eigenvalue weighted by molar-refractivity contribution is 5.91. The highest BCUT2D eigenvalue weighted by Crippen LogP contribution is 2.25. The van der Waals surface area contributed by atoms with Gasteiger partial charge in [0.25, 0.3) is 0 Å². The van der Waals surface area contributed by atoms with Gasteiger partial charge in [0.05, 0.1) is 12.1 Å². The summed E-state index contributed by atoms with van der Waals surface area (Å²) in [5.41, 5.74) is -2.35. The van der Waals surface area contributed by atoms with Crippen LogP contribution in [0.25, 0.3) is 0 Å². The van der Waals surface area contributed by atoms with E-state index in [0.29, 0.717) is 0 Å². The van der Waals surface area contributed by atoms with Gasteiger partial charge in [-0.3, -0.25) is 4.79 Å². The third-order valence-corrected chi connectivity index (χ3v) is 2.09. The van der Waals surface area contributed by atoms with Crippen molar-refractivity contribution in [3.05, 3.63) is 0 Å². The van der Waals surface area contributed by atoms with Crippen LogP contribution < -0.4 is 5.11 Å². The van der Waals surface area contributed by atoms with Crippen molar-refractivity contribution in [2.75, 3.05) is 0 Å². The van der Waals surface area contributed by atoms with E-state index in [1.54, 1.807) is 0 Å². The molecule has 6 nitrogen and oxygen atoms in total. The van der Waals surface area contributed by atoms with Crippen LogP contribution in [0.2, 0.25) is 0 Å². The van der Waals surface area contributed by atoms with Gasteiger partial charge in [0.2, 0.25) is 0 Å². The van der Waals surface area contributed by atoms with Crippen molar-refractivity contribution in [1.82, 2.24) is 0 Å². The first kappa shape index (κ1) is 10.1. The third-order valence-electron chi connectivity index (χ3n) is 2.09. The summed E-state index contributed by atoms with van der Waals surface area (Å²) in [6, 6.07) is 0. The summed E-state index contributed by atoms with van der Waals surface area (Å²) < 4.78 is 0. The lowest BCUT2D eigenvalue weighted by Gasteiger charge is -2.36. The number of ketones is 1. The molecule has 3 atom stereocenters. The number of carbonyl (C=O) groups is 2. The van der Waals surface area contributed by atoms with Gasteiger partial charge in [-0.2, -0.15) is 0 Å². The molecule has 0 spiro atoms. The highest BCUT2D eigenvalue weighted by Gasteiger charge is 2.44. The second-order valence-corrected chi connectivity index (χ2v) is 3.18. The van der Waals surface area contributed by atoms with Crippen molar-refractivity contribution < 1.29 is 30.0 Å². The summed E-state index contributed by atoms with van der Waals surface area (Å²) >= 11 is 0. The molecule has 0 saturated heterocycles. The Morgan fingerprint density at radius 2 is 2.08 bits per heavy atom. The molecule has 3 N–H and O–H groups in total. The average Bonchev–Trinajstić information content (AvgIpc) is 2.00. The van der Waals surface area contributed by atoms with Gasteiger partial charge in [0, 0.05) is 12.8 Å². The van der Waals surface area contributed by atoms with Gasteiger partial charge >= 0.3 is 0 Å². The van der Waals surface area contributed by atoms with Gasteiger partial charge in [0.1, 0.15) is 11.7 Å². The fourth-order valence-corrected chi connectivity index (χ4v) is 1.29. The number of carboxylic acid groups (broad SMARTS) is 1. The Kier molecular flexibility index (Phi) is 2.38. The molecule has 74 valence electrons. The second kappa shape index (κ2) is 3.06. The molecule has 0 aromatic carbocycles. The summed E-state index contributed by atoms with van der Waals surface area (Å²) in [4.78, 5) is 21.2. The summed E-state index contributed by atoms with van der Waals surface area (Å²) in [7, 11) is 0. The SMILES string of the molecule is O=C1C[C@@](O)(C(=O)[O-])C[C@@H](O)[C@@H]1O. The molecule has 1 saturated carbocycles. The average molecular weight is 189 g/mol. The smallest absolute Gasteiger partial charge is 0.167 e. The molecule has 0 heterocycles. The molecule has 6 heteroatoms. The maximum Gasteiger partial charge on any atom is 0.167 e. The van der Waals surface area contributed by atoms with Crippen LogP contribution in [-0.2, 0) is 9.59 Å². The number of aliphatic hydroxyl groups is 3. The lowest BCUT2D eigenvalue weighted by Crippen LogP contribution is -2.58. The normalized spacial score (nSPS) is 40.4. The Bertz CT molecular complexity index is 249. The first-order valence-electron chi connectivity index (χ1n) is 3.69. The molecular formula is C7H9O6-. The molecule has 0 unspecified atom stereocenters. The van der Waals surface area contributed by atoms with Crippen LogP contribution in [0.3, 0.4) is 0 Å². The molecule has 1 rings (SSSR count). The van der Waals surface area contributed by atoms with E-state index in [1.165, 1.54) is 0 Å². The lowest BCUT2D eigenvalue weighted by atomic mass is 9.81. The molecule has 0 aromatic heterocycles. The maximum atomic E-state index is 10.9. The molecule has 13 heavy (non-hydrogen) atoms. The zero-order chi connectivity index (χ0) is 10.2. The van der Waals surface area contributed by atoms with Crippen molar-refractivity contribution in [3.8, 4) is 0 Å². The van der Waals surface area contributed by atoms with E-state index < -0.39 is 42.4 Å². The van der Waals surface area contributed by atoms with Gasteiger partial charge < -0.3 is 25.2 Å². The topological polar surface area (TPSA) is 118 Å². The van der Waals surface area contributed by atoms with Crippen LogP contribution in [-0.4, -0.2) is 44.9 Å². The van der Waals surface area contributed by atoms with Crippen LogP contribution in [0, 0.1) is 0 Å². The summed E-state index contributed by atoms with van der Waals surface area (Å²) in [5.74, 6) is -2.71. The third kappa shape index (κ3) is 1.69. The van der Waals surface area contributed by atoms with Crippen LogP contribution in [0.4, 0.5) is 0 Å². The van der Waals surface area contributed by atoms with Gasteiger partial charge in [-0.25, -0.2) is 0 Å². The van der Waals surface area contributed by atoms with E-state index in [2.05, 4.69) is 0 Å². The quantitative estimate of drug-likeness (QED) is 0.395. The van der Waals surface area contributed by atoms with Gasteiger partial charge in [0.15, 0.2) is 5.78 Å². The first-order chi connectivity index (χ1) is 5.87. The molecule has 0 aromatic rings. The Morgan fingerprint density at radius 1 is 1.54 bits per heavy atom. The monoisotopic (exact) mass is 189 g/mol. The minimum Gasteiger partial charge on any atom is -0.547 e. The van der Waals surface area contributed by atoms with E-state index in [4.69, 9.17) is 10.2 Å². The standard InChI is InChI=1S/C7H10O6/c8-3-1-7(13,6(11)12)2-4(9)5(3)10/h3,5,8,10,13H,1-2H2,(H,11,12)/p-1/t3-,5+,7-/m1/s1. The van der Waals surface area contributed by atoms with Crippen LogP contribution in [0.1, 0.15) is 12.8 Å². The van der Waals surface area contributed by atoms with E-state index in [-0.39, 0.29) is 0 Å².